The van der Waals surface area contributed by atoms with E-state index in [1.54, 1.807) is 22.7 Å². The van der Waals surface area contributed by atoms with Gasteiger partial charge in [-0.05, 0) is 48.6 Å². The summed E-state index contributed by atoms with van der Waals surface area (Å²) in [6.45, 7) is 4.26. The summed E-state index contributed by atoms with van der Waals surface area (Å²) in [5, 5.41) is 3.17. The van der Waals surface area contributed by atoms with E-state index in [2.05, 4.69) is 55.6 Å². The number of aryl methyl sites for hydroxylation is 2. The minimum absolute atomic E-state index is 1.08. The fourth-order valence-electron chi connectivity index (χ4n) is 1.89. The molecule has 2 heterocycles. The smallest absolute Gasteiger partial charge is 0.117 e. The molecule has 1 aromatic carbocycles. The van der Waals surface area contributed by atoms with Crippen LogP contribution in [0.25, 0.3) is 22.4 Å². The van der Waals surface area contributed by atoms with Crippen molar-refractivity contribution in [1.29, 1.82) is 0 Å². The topological polar surface area (TPSA) is 12.9 Å². The molecule has 0 saturated carbocycles. The molecular weight excluding hydrogens is 258 g/mol. The lowest BCUT2D eigenvalue weighted by Gasteiger charge is -1.96. The summed E-state index contributed by atoms with van der Waals surface area (Å²) in [6, 6.07) is 8.49. The van der Waals surface area contributed by atoms with E-state index in [0.717, 1.165) is 10.5 Å². The van der Waals surface area contributed by atoms with Gasteiger partial charge < -0.3 is 0 Å². The Labute approximate surface area is 114 Å². The number of rotatable bonds is 2. The number of hydrogen-bond acceptors (Lipinski definition) is 3. The summed E-state index contributed by atoms with van der Waals surface area (Å²) in [5.74, 6) is 0. The summed E-state index contributed by atoms with van der Waals surface area (Å²) in [6.07, 6.45) is 4.24. The minimum Gasteiger partial charge on any atom is -0.236 e. The zero-order valence-electron chi connectivity index (χ0n) is 10.3. The molecule has 2 aromatic heterocycles. The molecule has 0 bridgehead atoms. The van der Waals surface area contributed by atoms with Gasteiger partial charge in [0, 0.05) is 4.88 Å². The quantitative estimate of drug-likeness (QED) is 0.628. The second-order valence-corrected chi connectivity index (χ2v) is 6.29. The number of nitrogens with zero attached hydrogens (tertiary/aromatic N) is 1. The van der Waals surface area contributed by atoms with Crippen molar-refractivity contribution in [3.05, 3.63) is 50.7 Å². The highest BCUT2D eigenvalue weighted by molar-refractivity contribution is 7.19. The van der Waals surface area contributed by atoms with Crippen LogP contribution in [-0.2, 0) is 0 Å². The lowest BCUT2D eigenvalue weighted by molar-refractivity contribution is 1.39. The van der Waals surface area contributed by atoms with Gasteiger partial charge in [0.2, 0.25) is 0 Å². The molecule has 0 spiro atoms. The van der Waals surface area contributed by atoms with Gasteiger partial charge in [-0.15, -0.1) is 22.7 Å². The second kappa shape index (κ2) is 4.67. The third-order valence-electron chi connectivity index (χ3n) is 2.89. The highest BCUT2D eigenvalue weighted by Crippen LogP contribution is 2.29. The van der Waals surface area contributed by atoms with E-state index in [1.165, 1.54) is 20.7 Å². The Hall–Kier alpha value is -1.45. The number of thiazole rings is 1. The highest BCUT2D eigenvalue weighted by Gasteiger charge is 2.06. The number of thiophene rings is 1. The third kappa shape index (κ3) is 2.11. The van der Waals surface area contributed by atoms with Crippen LogP contribution >= 0.6 is 22.7 Å². The second-order valence-electron chi connectivity index (χ2n) is 4.28. The van der Waals surface area contributed by atoms with E-state index in [9.17, 15) is 0 Å². The normalized spacial score (nSPS) is 11.7. The van der Waals surface area contributed by atoms with Crippen LogP contribution in [0.2, 0.25) is 0 Å². The van der Waals surface area contributed by atoms with Crippen molar-refractivity contribution in [3.63, 3.8) is 0 Å². The third-order valence-corrected chi connectivity index (χ3v) is 4.89. The summed E-state index contributed by atoms with van der Waals surface area (Å²) in [4.78, 5) is 5.98. The van der Waals surface area contributed by atoms with Crippen LogP contribution in [-0.4, -0.2) is 4.98 Å². The highest BCUT2D eigenvalue weighted by atomic mass is 32.1. The first-order valence-electron chi connectivity index (χ1n) is 5.82. The van der Waals surface area contributed by atoms with E-state index in [1.807, 2.05) is 0 Å². The van der Waals surface area contributed by atoms with Crippen LogP contribution in [0.5, 0.6) is 0 Å². The lowest BCUT2D eigenvalue weighted by atomic mass is 10.1. The Kier molecular flexibility index (Phi) is 3.02. The summed E-state index contributed by atoms with van der Waals surface area (Å²) in [5.41, 5.74) is 3.71. The average Bonchev–Trinajstić information content (AvgIpc) is 3.00. The van der Waals surface area contributed by atoms with Crippen molar-refractivity contribution in [2.45, 2.75) is 13.8 Å². The molecule has 90 valence electrons. The van der Waals surface area contributed by atoms with Crippen molar-refractivity contribution < 1.29 is 0 Å². The average molecular weight is 271 g/mol. The summed E-state index contributed by atoms with van der Waals surface area (Å²) < 4.78 is 1.31. The molecular formula is C15H13NS2. The van der Waals surface area contributed by atoms with Gasteiger partial charge in [0.1, 0.15) is 5.01 Å². The Morgan fingerprint density at radius 3 is 2.61 bits per heavy atom. The zero-order chi connectivity index (χ0) is 12.5. The largest absolute Gasteiger partial charge is 0.236 e. The molecule has 0 aliphatic carbocycles. The molecule has 3 aromatic rings. The molecule has 0 unspecified atom stereocenters. The van der Waals surface area contributed by atoms with Gasteiger partial charge in [-0.1, -0.05) is 18.2 Å². The van der Waals surface area contributed by atoms with E-state index in [0.29, 0.717) is 0 Å². The number of aromatic nitrogens is 1. The first kappa shape index (κ1) is 11.6. The first-order valence-corrected chi connectivity index (χ1v) is 7.52. The van der Waals surface area contributed by atoms with Crippen LogP contribution in [0.4, 0.5) is 0 Å². The summed E-state index contributed by atoms with van der Waals surface area (Å²) in [7, 11) is 0. The van der Waals surface area contributed by atoms with Crippen LogP contribution in [0.15, 0.2) is 29.6 Å². The van der Waals surface area contributed by atoms with Crippen molar-refractivity contribution in [2.24, 2.45) is 0 Å². The standard InChI is InChI=1S/C15H13NS2/c1-10-5-6-11(2)15-14(10)16-13(18-15)8-7-12-4-3-9-17-12/h3-9H,1-2H3/b8-7+. The van der Waals surface area contributed by atoms with Gasteiger partial charge in [-0.25, -0.2) is 4.98 Å². The molecule has 0 amide bonds. The molecule has 18 heavy (non-hydrogen) atoms. The molecule has 0 radical (unpaired) electrons. The van der Waals surface area contributed by atoms with Crippen LogP contribution < -0.4 is 0 Å². The maximum atomic E-state index is 4.71. The Morgan fingerprint density at radius 2 is 1.89 bits per heavy atom. The van der Waals surface area contributed by atoms with Crippen molar-refractivity contribution in [1.82, 2.24) is 4.98 Å². The van der Waals surface area contributed by atoms with E-state index < -0.39 is 0 Å². The maximum Gasteiger partial charge on any atom is 0.117 e. The Morgan fingerprint density at radius 1 is 1.06 bits per heavy atom. The molecule has 1 nitrogen and oxygen atoms in total. The van der Waals surface area contributed by atoms with Crippen molar-refractivity contribution in [3.8, 4) is 0 Å². The van der Waals surface area contributed by atoms with Gasteiger partial charge in [-0.3, -0.25) is 0 Å². The molecule has 0 fully saturated rings. The fourth-order valence-corrected chi connectivity index (χ4v) is 3.52. The molecule has 0 aliphatic heterocycles. The van der Waals surface area contributed by atoms with Crippen LogP contribution in [0.1, 0.15) is 21.0 Å². The molecule has 0 atom stereocenters. The molecule has 0 aliphatic rings. The number of fused-ring (bicyclic) bond motifs is 1. The predicted octanol–water partition coefficient (Wildman–Crippen LogP) is 5.15. The molecule has 3 heteroatoms. The van der Waals surface area contributed by atoms with Gasteiger partial charge >= 0.3 is 0 Å². The van der Waals surface area contributed by atoms with Gasteiger partial charge in [0.15, 0.2) is 0 Å². The van der Waals surface area contributed by atoms with E-state index in [-0.39, 0.29) is 0 Å². The predicted molar refractivity (Wildman–Crippen MR) is 82.3 cm³/mol. The van der Waals surface area contributed by atoms with Gasteiger partial charge in [0.05, 0.1) is 10.2 Å². The minimum atomic E-state index is 1.08. The first-order chi connectivity index (χ1) is 8.74. The monoisotopic (exact) mass is 271 g/mol. The van der Waals surface area contributed by atoms with Crippen LogP contribution in [0.3, 0.4) is 0 Å². The molecule has 0 saturated heterocycles. The maximum absolute atomic E-state index is 4.71. The van der Waals surface area contributed by atoms with Crippen molar-refractivity contribution in [2.75, 3.05) is 0 Å². The van der Waals surface area contributed by atoms with E-state index >= 15 is 0 Å². The molecule has 0 N–H and O–H groups in total. The van der Waals surface area contributed by atoms with Crippen LogP contribution in [0, 0.1) is 13.8 Å². The van der Waals surface area contributed by atoms with Gasteiger partial charge in [-0.2, -0.15) is 0 Å². The van der Waals surface area contributed by atoms with E-state index in [4.69, 9.17) is 4.98 Å². The zero-order valence-corrected chi connectivity index (χ0v) is 11.9. The number of benzene rings is 1. The summed E-state index contributed by atoms with van der Waals surface area (Å²) >= 11 is 3.51. The number of hydrogen-bond donors (Lipinski definition) is 0. The fraction of sp³-hybridized carbons (Fsp3) is 0.133. The Bertz CT molecular complexity index is 667. The SMILES string of the molecule is Cc1ccc(C)c2sc(/C=C/c3cccs3)nc12. The molecule has 3 rings (SSSR count). The Balaban J connectivity index is 2.04. The van der Waals surface area contributed by atoms with Crippen molar-refractivity contribution >= 4 is 45.0 Å². The lowest BCUT2D eigenvalue weighted by Crippen LogP contribution is -1.78. The van der Waals surface area contributed by atoms with Gasteiger partial charge in [0.25, 0.3) is 0 Å².